The second-order valence-corrected chi connectivity index (χ2v) is 6.32. The summed E-state index contributed by atoms with van der Waals surface area (Å²) in [5.41, 5.74) is 6.71. The van der Waals surface area contributed by atoms with Crippen LogP contribution in [0, 0.1) is 6.07 Å². The lowest BCUT2D eigenvalue weighted by atomic mass is 10.1. The maximum atomic E-state index is 4.78. The minimum atomic E-state index is 0.957. The average molecular weight is 340 g/mol. The Labute approximate surface area is 154 Å². The molecule has 0 saturated heterocycles. The fourth-order valence-corrected chi connectivity index (χ4v) is 3.31. The number of nitrogens with zero attached hydrogens (tertiary/aromatic N) is 3. The first-order valence-electron chi connectivity index (χ1n) is 9.09. The van der Waals surface area contributed by atoms with Gasteiger partial charge in [0, 0.05) is 36.7 Å². The third-order valence-electron chi connectivity index (χ3n) is 4.79. The average Bonchev–Trinajstić information content (AvgIpc) is 3.13. The number of imidazole rings is 1. The summed E-state index contributed by atoms with van der Waals surface area (Å²) in [6.07, 6.45) is 4.23. The van der Waals surface area contributed by atoms with Crippen molar-refractivity contribution in [2.75, 3.05) is 18.0 Å². The van der Waals surface area contributed by atoms with E-state index in [0.29, 0.717) is 0 Å². The van der Waals surface area contributed by atoms with E-state index in [1.807, 2.05) is 12.1 Å². The van der Waals surface area contributed by atoms with Crippen LogP contribution in [0.4, 0.5) is 5.69 Å². The van der Waals surface area contributed by atoms with E-state index in [1.54, 1.807) is 0 Å². The molecule has 2 aromatic heterocycles. The molecule has 2 aromatic carbocycles. The van der Waals surface area contributed by atoms with Gasteiger partial charge >= 0.3 is 0 Å². The Morgan fingerprint density at radius 3 is 2.19 bits per heavy atom. The van der Waals surface area contributed by atoms with E-state index in [2.05, 4.69) is 90.1 Å². The topological polar surface area (TPSA) is 20.5 Å². The molecule has 0 fully saturated rings. The van der Waals surface area contributed by atoms with Gasteiger partial charge < -0.3 is 9.30 Å². The summed E-state index contributed by atoms with van der Waals surface area (Å²) in [6, 6.07) is 23.9. The van der Waals surface area contributed by atoms with Crippen molar-refractivity contribution in [2.45, 2.75) is 13.8 Å². The molecule has 129 valence electrons. The Bertz CT molecular complexity index is 997. The summed E-state index contributed by atoms with van der Waals surface area (Å²) >= 11 is 0. The molecule has 0 amide bonds. The standard InChI is InChI=1S/C23H22N3/c1-3-25(4-2)21-13-10-19(11-14-21)22-17-26-16-20(12-15-23(26)24-22)18-8-6-5-7-9-18/h6-17H,3-4H2,1-2H3. The van der Waals surface area contributed by atoms with Gasteiger partial charge in [-0.15, -0.1) is 0 Å². The monoisotopic (exact) mass is 340 g/mol. The highest BCUT2D eigenvalue weighted by Gasteiger charge is 2.07. The van der Waals surface area contributed by atoms with Crippen LogP contribution in [-0.4, -0.2) is 22.5 Å². The quantitative estimate of drug-likeness (QED) is 0.490. The molecule has 1 radical (unpaired) electrons. The van der Waals surface area contributed by atoms with Gasteiger partial charge in [-0.25, -0.2) is 4.98 Å². The van der Waals surface area contributed by atoms with Crippen molar-refractivity contribution < 1.29 is 0 Å². The molecule has 0 saturated carbocycles. The van der Waals surface area contributed by atoms with Crippen LogP contribution in [-0.2, 0) is 0 Å². The molecule has 0 bridgehead atoms. The van der Waals surface area contributed by atoms with Gasteiger partial charge in [-0.1, -0.05) is 36.4 Å². The lowest BCUT2D eigenvalue weighted by Crippen LogP contribution is -2.21. The maximum absolute atomic E-state index is 4.78. The van der Waals surface area contributed by atoms with E-state index in [-0.39, 0.29) is 0 Å². The van der Waals surface area contributed by atoms with Crippen LogP contribution in [0.2, 0.25) is 0 Å². The summed E-state index contributed by atoms with van der Waals surface area (Å²) in [4.78, 5) is 7.12. The molecule has 0 spiro atoms. The van der Waals surface area contributed by atoms with Crippen LogP contribution >= 0.6 is 0 Å². The van der Waals surface area contributed by atoms with Crippen molar-refractivity contribution in [3.63, 3.8) is 0 Å². The molecule has 3 nitrogen and oxygen atoms in total. The second kappa shape index (κ2) is 7.04. The largest absolute Gasteiger partial charge is 0.372 e. The molecule has 0 unspecified atom stereocenters. The molecule has 0 aliphatic heterocycles. The predicted octanol–water partition coefficient (Wildman–Crippen LogP) is 5.31. The zero-order valence-corrected chi connectivity index (χ0v) is 15.2. The summed E-state index contributed by atoms with van der Waals surface area (Å²) in [5.74, 6) is 0. The highest BCUT2D eigenvalue weighted by Crippen LogP contribution is 2.25. The molecule has 0 atom stereocenters. The van der Waals surface area contributed by atoms with Crippen LogP contribution in [0.15, 0.2) is 73.1 Å². The predicted molar refractivity (Wildman–Crippen MR) is 108 cm³/mol. The van der Waals surface area contributed by atoms with Gasteiger partial charge in [0.15, 0.2) is 0 Å². The zero-order chi connectivity index (χ0) is 17.9. The number of hydrogen-bond acceptors (Lipinski definition) is 2. The Kier molecular flexibility index (Phi) is 4.44. The zero-order valence-electron chi connectivity index (χ0n) is 15.2. The van der Waals surface area contributed by atoms with Crippen molar-refractivity contribution in [3.05, 3.63) is 79.1 Å². The normalized spacial score (nSPS) is 11.0. The molecular formula is C23H22N3. The molecule has 0 N–H and O–H groups in total. The minimum absolute atomic E-state index is 0.957. The second-order valence-electron chi connectivity index (χ2n) is 6.32. The van der Waals surface area contributed by atoms with Crippen molar-refractivity contribution in [1.82, 2.24) is 9.38 Å². The first-order valence-corrected chi connectivity index (χ1v) is 9.09. The molecule has 0 aliphatic rings. The molecule has 26 heavy (non-hydrogen) atoms. The Morgan fingerprint density at radius 2 is 1.50 bits per heavy atom. The van der Waals surface area contributed by atoms with Gasteiger partial charge in [0.1, 0.15) is 5.65 Å². The van der Waals surface area contributed by atoms with Crippen molar-refractivity contribution in [3.8, 4) is 22.4 Å². The fraction of sp³-hybridized carbons (Fsp3) is 0.174. The molecule has 0 aliphatic carbocycles. The first-order chi connectivity index (χ1) is 12.8. The summed E-state index contributed by atoms with van der Waals surface area (Å²) in [6.45, 7) is 6.40. The van der Waals surface area contributed by atoms with Crippen LogP contribution in [0.1, 0.15) is 13.8 Å². The molecule has 3 heteroatoms. The van der Waals surface area contributed by atoms with Crippen LogP contribution in [0.5, 0.6) is 0 Å². The molecule has 4 aromatic rings. The number of anilines is 1. The first kappa shape index (κ1) is 16.4. The van der Waals surface area contributed by atoms with Gasteiger partial charge in [-0.05, 0) is 55.3 Å². The minimum Gasteiger partial charge on any atom is -0.372 e. The van der Waals surface area contributed by atoms with E-state index < -0.39 is 0 Å². The lowest BCUT2D eigenvalue weighted by molar-refractivity contribution is 0.866. The fourth-order valence-electron chi connectivity index (χ4n) is 3.31. The third-order valence-corrected chi connectivity index (χ3v) is 4.79. The highest BCUT2D eigenvalue weighted by molar-refractivity contribution is 5.68. The number of pyridine rings is 1. The van der Waals surface area contributed by atoms with Gasteiger partial charge in [0.2, 0.25) is 0 Å². The smallest absolute Gasteiger partial charge is 0.137 e. The van der Waals surface area contributed by atoms with Crippen LogP contribution in [0.3, 0.4) is 0 Å². The SMILES string of the molecule is CCN(CC)c1ccc(-c2cn3cc(-c4cc[c]cc4)ccc3n2)cc1. The Hall–Kier alpha value is -3.07. The lowest BCUT2D eigenvalue weighted by Gasteiger charge is -2.20. The number of rotatable bonds is 5. The van der Waals surface area contributed by atoms with Crippen molar-refractivity contribution in [2.24, 2.45) is 0 Å². The van der Waals surface area contributed by atoms with E-state index in [0.717, 1.165) is 30.0 Å². The van der Waals surface area contributed by atoms with Crippen molar-refractivity contribution in [1.29, 1.82) is 0 Å². The van der Waals surface area contributed by atoms with Gasteiger partial charge in [0.05, 0.1) is 5.69 Å². The van der Waals surface area contributed by atoms with E-state index in [1.165, 1.54) is 16.8 Å². The Balaban J connectivity index is 1.67. The van der Waals surface area contributed by atoms with E-state index in [4.69, 9.17) is 4.98 Å². The molecule has 4 rings (SSSR count). The number of benzene rings is 2. The van der Waals surface area contributed by atoms with Crippen molar-refractivity contribution >= 4 is 11.3 Å². The van der Waals surface area contributed by atoms with E-state index >= 15 is 0 Å². The van der Waals surface area contributed by atoms with Gasteiger partial charge in [0.25, 0.3) is 0 Å². The third kappa shape index (κ3) is 3.08. The summed E-state index contributed by atoms with van der Waals surface area (Å²) in [7, 11) is 0. The molecule has 2 heterocycles. The highest BCUT2D eigenvalue weighted by atomic mass is 15.1. The van der Waals surface area contributed by atoms with Crippen LogP contribution in [0.25, 0.3) is 28.0 Å². The number of hydrogen-bond donors (Lipinski definition) is 0. The maximum Gasteiger partial charge on any atom is 0.137 e. The number of fused-ring (bicyclic) bond motifs is 1. The summed E-state index contributed by atoms with van der Waals surface area (Å²) < 4.78 is 2.10. The summed E-state index contributed by atoms with van der Waals surface area (Å²) in [5, 5.41) is 0. The Morgan fingerprint density at radius 1 is 0.808 bits per heavy atom. The number of aromatic nitrogens is 2. The van der Waals surface area contributed by atoms with Gasteiger partial charge in [-0.2, -0.15) is 0 Å². The van der Waals surface area contributed by atoms with Gasteiger partial charge in [-0.3, -0.25) is 0 Å². The van der Waals surface area contributed by atoms with E-state index in [9.17, 15) is 0 Å². The molecular weight excluding hydrogens is 318 g/mol. The van der Waals surface area contributed by atoms with Crippen LogP contribution < -0.4 is 4.90 Å².